The van der Waals surface area contributed by atoms with Gasteiger partial charge in [-0.3, -0.25) is 0 Å². The van der Waals surface area contributed by atoms with Crippen molar-refractivity contribution < 1.29 is 14.6 Å². The Kier molecular flexibility index (Phi) is 2.91. The number of aliphatic hydroxyl groups is 1. The highest BCUT2D eigenvalue weighted by Gasteiger charge is 2.30. The van der Waals surface area contributed by atoms with Gasteiger partial charge in [0.1, 0.15) is 17.2 Å². The maximum atomic E-state index is 10.3. The summed E-state index contributed by atoms with van der Waals surface area (Å²) in [5, 5.41) is 10.3. The lowest BCUT2D eigenvalue weighted by Gasteiger charge is -2.31. The van der Waals surface area contributed by atoms with E-state index >= 15 is 0 Å². The minimum Gasteiger partial charge on any atom is -0.493 e. The first kappa shape index (κ1) is 12.1. The fourth-order valence-corrected chi connectivity index (χ4v) is 2.25. The van der Waals surface area contributed by atoms with Crippen molar-refractivity contribution in [2.75, 3.05) is 6.61 Å². The summed E-state index contributed by atoms with van der Waals surface area (Å²) in [6.45, 7) is 2.33. The van der Waals surface area contributed by atoms with Crippen molar-refractivity contribution >= 4 is 0 Å². The third-order valence-electron chi connectivity index (χ3n) is 3.36. The number of rotatable bonds is 2. The van der Waals surface area contributed by atoms with Crippen LogP contribution in [0.2, 0.25) is 0 Å². The van der Waals surface area contributed by atoms with E-state index in [1.807, 2.05) is 55.5 Å². The molecule has 3 heteroatoms. The van der Waals surface area contributed by atoms with E-state index < -0.39 is 5.60 Å². The summed E-state index contributed by atoms with van der Waals surface area (Å²) in [5.74, 6) is 2.19. The molecule has 1 unspecified atom stereocenters. The van der Waals surface area contributed by atoms with Crippen LogP contribution < -0.4 is 9.47 Å². The molecule has 1 atom stereocenters. The van der Waals surface area contributed by atoms with Crippen LogP contribution in [0.4, 0.5) is 0 Å². The number of hydrogen-bond acceptors (Lipinski definition) is 3. The average molecular weight is 256 g/mol. The van der Waals surface area contributed by atoms with Gasteiger partial charge in [0.25, 0.3) is 0 Å². The predicted molar refractivity (Wildman–Crippen MR) is 72.6 cm³/mol. The first-order chi connectivity index (χ1) is 9.15. The van der Waals surface area contributed by atoms with Crippen molar-refractivity contribution in [3.8, 4) is 17.2 Å². The third-order valence-corrected chi connectivity index (χ3v) is 3.36. The molecular weight excluding hydrogens is 240 g/mol. The highest BCUT2D eigenvalue weighted by atomic mass is 16.5. The van der Waals surface area contributed by atoms with Crippen LogP contribution in [0.15, 0.2) is 48.5 Å². The van der Waals surface area contributed by atoms with Crippen molar-refractivity contribution in [3.63, 3.8) is 0 Å². The molecule has 19 heavy (non-hydrogen) atoms. The fraction of sp³-hybridized carbons (Fsp3) is 0.250. The molecule has 98 valence electrons. The van der Waals surface area contributed by atoms with Gasteiger partial charge in [-0.2, -0.15) is 0 Å². The van der Waals surface area contributed by atoms with Gasteiger partial charge in [0.2, 0.25) is 0 Å². The Morgan fingerprint density at radius 3 is 2.68 bits per heavy atom. The van der Waals surface area contributed by atoms with Gasteiger partial charge in [0.15, 0.2) is 0 Å². The predicted octanol–water partition coefficient (Wildman–Crippen LogP) is 3.47. The molecule has 0 bridgehead atoms. The smallest absolute Gasteiger partial charge is 0.131 e. The Hall–Kier alpha value is -2.00. The number of ether oxygens (including phenoxy) is 2. The zero-order valence-corrected chi connectivity index (χ0v) is 10.8. The molecule has 2 aromatic carbocycles. The Balaban J connectivity index is 1.90. The van der Waals surface area contributed by atoms with Crippen molar-refractivity contribution in [1.82, 2.24) is 0 Å². The van der Waals surface area contributed by atoms with Crippen molar-refractivity contribution in [1.29, 1.82) is 0 Å². The first-order valence-corrected chi connectivity index (χ1v) is 6.38. The van der Waals surface area contributed by atoms with Crippen LogP contribution in [0.25, 0.3) is 0 Å². The summed E-state index contributed by atoms with van der Waals surface area (Å²) in [4.78, 5) is 0. The number of benzene rings is 2. The molecule has 0 spiro atoms. The minimum atomic E-state index is -0.821. The number of hydrogen-bond donors (Lipinski definition) is 1. The van der Waals surface area contributed by atoms with Crippen molar-refractivity contribution in [3.05, 3.63) is 54.1 Å². The van der Waals surface area contributed by atoms with Crippen LogP contribution in [-0.2, 0) is 5.60 Å². The van der Waals surface area contributed by atoms with Crippen LogP contribution >= 0.6 is 0 Å². The van der Waals surface area contributed by atoms with Crippen LogP contribution in [0.1, 0.15) is 18.9 Å². The molecule has 1 heterocycles. The Labute approximate surface area is 112 Å². The molecular formula is C16H16O3. The molecule has 0 amide bonds. The quantitative estimate of drug-likeness (QED) is 0.894. The normalized spacial score (nSPS) is 21.4. The largest absolute Gasteiger partial charge is 0.493 e. The molecule has 1 aliphatic rings. The lowest BCUT2D eigenvalue weighted by atomic mass is 9.90. The lowest BCUT2D eigenvalue weighted by molar-refractivity contribution is 0.0146. The average Bonchev–Trinajstić information content (AvgIpc) is 2.39. The van der Waals surface area contributed by atoms with Crippen LogP contribution in [0, 0.1) is 0 Å². The van der Waals surface area contributed by atoms with Crippen LogP contribution in [0.3, 0.4) is 0 Å². The van der Waals surface area contributed by atoms with E-state index in [4.69, 9.17) is 9.47 Å². The van der Waals surface area contributed by atoms with E-state index in [9.17, 15) is 5.11 Å². The molecule has 1 N–H and O–H groups in total. The molecule has 0 saturated carbocycles. The van der Waals surface area contributed by atoms with Gasteiger partial charge in [-0.15, -0.1) is 0 Å². The molecule has 0 radical (unpaired) electrons. The van der Waals surface area contributed by atoms with Crippen molar-refractivity contribution in [2.45, 2.75) is 18.9 Å². The molecule has 0 aromatic heterocycles. The molecule has 2 aromatic rings. The van der Waals surface area contributed by atoms with E-state index in [0.717, 1.165) is 11.3 Å². The molecule has 3 nitrogen and oxygen atoms in total. The van der Waals surface area contributed by atoms with Gasteiger partial charge in [0.05, 0.1) is 12.2 Å². The molecule has 3 rings (SSSR count). The molecule has 1 aliphatic heterocycles. The van der Waals surface area contributed by atoms with Gasteiger partial charge in [-0.05, 0) is 31.2 Å². The summed E-state index contributed by atoms with van der Waals surface area (Å²) in [5.41, 5.74) is -0.00191. The highest BCUT2D eigenvalue weighted by Crippen LogP contribution is 2.39. The second-order valence-electron chi connectivity index (χ2n) is 4.95. The van der Waals surface area contributed by atoms with Gasteiger partial charge < -0.3 is 14.6 Å². The van der Waals surface area contributed by atoms with E-state index in [-0.39, 0.29) is 0 Å². The van der Waals surface area contributed by atoms with E-state index in [2.05, 4.69) is 0 Å². The fourth-order valence-electron chi connectivity index (χ4n) is 2.25. The molecule has 0 saturated heterocycles. The first-order valence-electron chi connectivity index (χ1n) is 6.38. The summed E-state index contributed by atoms with van der Waals surface area (Å²) >= 11 is 0. The Morgan fingerprint density at radius 2 is 1.89 bits per heavy atom. The zero-order chi connectivity index (χ0) is 13.3. The number of fused-ring (bicyclic) bond motifs is 1. The van der Waals surface area contributed by atoms with Gasteiger partial charge in [-0.1, -0.05) is 18.2 Å². The van der Waals surface area contributed by atoms with Gasteiger partial charge in [0, 0.05) is 18.1 Å². The maximum absolute atomic E-state index is 10.3. The van der Waals surface area contributed by atoms with Crippen molar-refractivity contribution in [2.24, 2.45) is 0 Å². The zero-order valence-electron chi connectivity index (χ0n) is 10.8. The summed E-state index contributed by atoms with van der Waals surface area (Å²) in [7, 11) is 0. The highest BCUT2D eigenvalue weighted by molar-refractivity contribution is 5.46. The summed E-state index contributed by atoms with van der Waals surface area (Å²) in [6, 6.07) is 15.1. The maximum Gasteiger partial charge on any atom is 0.131 e. The van der Waals surface area contributed by atoms with Crippen LogP contribution in [-0.4, -0.2) is 11.7 Å². The number of para-hydroxylation sites is 1. The van der Waals surface area contributed by atoms with Crippen LogP contribution in [0.5, 0.6) is 17.2 Å². The monoisotopic (exact) mass is 256 g/mol. The Bertz CT molecular complexity index is 576. The van der Waals surface area contributed by atoms with E-state index in [0.29, 0.717) is 24.5 Å². The van der Waals surface area contributed by atoms with Gasteiger partial charge >= 0.3 is 0 Å². The SMILES string of the molecule is CC1(O)CCOc2cc(Oc3ccccc3)ccc21. The molecule has 0 fully saturated rings. The summed E-state index contributed by atoms with van der Waals surface area (Å²) in [6.07, 6.45) is 0.610. The summed E-state index contributed by atoms with van der Waals surface area (Å²) < 4.78 is 11.3. The van der Waals surface area contributed by atoms with E-state index in [1.54, 1.807) is 0 Å². The standard InChI is InChI=1S/C16H16O3/c1-16(17)9-10-18-15-11-13(7-8-14(15)16)19-12-5-3-2-4-6-12/h2-8,11,17H,9-10H2,1H3. The third kappa shape index (κ3) is 2.42. The second kappa shape index (κ2) is 4.59. The van der Waals surface area contributed by atoms with Gasteiger partial charge in [-0.25, -0.2) is 0 Å². The minimum absolute atomic E-state index is 0.523. The topological polar surface area (TPSA) is 38.7 Å². The Morgan fingerprint density at radius 1 is 1.11 bits per heavy atom. The molecule has 0 aliphatic carbocycles. The lowest BCUT2D eigenvalue weighted by Crippen LogP contribution is -2.29. The van der Waals surface area contributed by atoms with E-state index in [1.165, 1.54) is 0 Å². The second-order valence-corrected chi connectivity index (χ2v) is 4.95.